The number of carbonyl (C=O) groups excluding carboxylic acids is 1. The molecule has 0 saturated carbocycles. The van der Waals surface area contributed by atoms with Crippen molar-refractivity contribution in [3.8, 4) is 11.3 Å². The van der Waals surface area contributed by atoms with Gasteiger partial charge in [-0.15, -0.1) is 0 Å². The molecule has 1 aliphatic heterocycles. The van der Waals surface area contributed by atoms with Gasteiger partial charge in [-0.25, -0.2) is 14.2 Å². The summed E-state index contributed by atoms with van der Waals surface area (Å²) in [5.74, 6) is -0.777. The molecule has 11 heteroatoms. The molecular weight excluding hydrogens is 549 g/mol. The SMILES string of the molecule is C[C@@H]1CN(/C(=N\CC(=O)O)c2cc(Cl)c(-c3ccccc3F)nc2NCC(C)(C)C)[C@@H](C)CN1C(=O)OC(C)(C)C. The van der Waals surface area contributed by atoms with Crippen LogP contribution in [0.5, 0.6) is 0 Å². The van der Waals surface area contributed by atoms with Crippen LogP contribution in [0.3, 0.4) is 0 Å². The predicted molar refractivity (Wildman–Crippen MR) is 160 cm³/mol. The number of carbonyl (C=O) groups is 2. The number of nitrogens with one attached hydrogen (secondary N) is 1. The number of carboxylic acids is 1. The highest BCUT2D eigenvalue weighted by Crippen LogP contribution is 2.34. The molecule has 3 rings (SSSR count). The molecule has 2 atom stereocenters. The quantitative estimate of drug-likeness (QED) is 0.307. The number of aromatic nitrogens is 1. The number of rotatable bonds is 6. The van der Waals surface area contributed by atoms with E-state index in [0.29, 0.717) is 36.9 Å². The van der Waals surface area contributed by atoms with Gasteiger partial charge < -0.3 is 25.0 Å². The van der Waals surface area contributed by atoms with Crippen molar-refractivity contribution in [1.29, 1.82) is 0 Å². The number of aliphatic carboxylic acids is 1. The normalized spacial score (nSPS) is 18.3. The van der Waals surface area contributed by atoms with Crippen LogP contribution in [0.2, 0.25) is 5.02 Å². The first-order chi connectivity index (χ1) is 19.0. The molecule has 224 valence electrons. The first-order valence-corrected chi connectivity index (χ1v) is 14.1. The Labute approximate surface area is 246 Å². The van der Waals surface area contributed by atoms with Crippen molar-refractivity contribution in [3.05, 3.63) is 46.7 Å². The lowest BCUT2D eigenvalue weighted by atomic mass is 9.97. The van der Waals surface area contributed by atoms with Gasteiger partial charge in [-0.2, -0.15) is 0 Å². The zero-order valence-corrected chi connectivity index (χ0v) is 25.8. The van der Waals surface area contributed by atoms with Gasteiger partial charge in [-0.05, 0) is 58.2 Å². The maximum Gasteiger partial charge on any atom is 0.410 e. The Morgan fingerprint density at radius 2 is 1.73 bits per heavy atom. The van der Waals surface area contributed by atoms with Crippen molar-refractivity contribution in [2.45, 2.75) is 73.1 Å². The number of halogens is 2. The van der Waals surface area contributed by atoms with Crippen molar-refractivity contribution in [2.24, 2.45) is 10.4 Å². The molecule has 2 N–H and O–H groups in total. The number of anilines is 1. The molecule has 2 aromatic rings. The van der Waals surface area contributed by atoms with E-state index in [1.807, 2.05) is 39.5 Å². The predicted octanol–water partition coefficient (Wildman–Crippen LogP) is 6.16. The molecule has 1 amide bonds. The molecule has 1 saturated heterocycles. The largest absolute Gasteiger partial charge is 0.480 e. The highest BCUT2D eigenvalue weighted by molar-refractivity contribution is 6.33. The van der Waals surface area contributed by atoms with Crippen molar-refractivity contribution in [3.63, 3.8) is 0 Å². The minimum Gasteiger partial charge on any atom is -0.480 e. The third-order valence-electron chi connectivity index (χ3n) is 6.38. The van der Waals surface area contributed by atoms with Crippen LogP contribution in [0.15, 0.2) is 35.3 Å². The van der Waals surface area contributed by atoms with Gasteiger partial charge in [-0.3, -0.25) is 9.79 Å². The number of benzene rings is 1. The summed E-state index contributed by atoms with van der Waals surface area (Å²) in [4.78, 5) is 37.4. The van der Waals surface area contributed by atoms with E-state index in [-0.39, 0.29) is 33.8 Å². The number of aliphatic imine (C=N–C) groups is 1. The Bertz CT molecular complexity index is 1300. The highest BCUT2D eigenvalue weighted by atomic mass is 35.5. The number of hydrogen-bond donors (Lipinski definition) is 2. The van der Waals surface area contributed by atoms with Crippen molar-refractivity contribution >= 4 is 35.3 Å². The summed E-state index contributed by atoms with van der Waals surface area (Å²) in [6.45, 7) is 16.2. The van der Waals surface area contributed by atoms with Crippen LogP contribution in [-0.4, -0.2) is 81.7 Å². The number of ether oxygens (including phenoxy) is 1. The van der Waals surface area contributed by atoms with E-state index >= 15 is 0 Å². The first-order valence-electron chi connectivity index (χ1n) is 13.7. The summed E-state index contributed by atoms with van der Waals surface area (Å²) < 4.78 is 20.4. The molecular formula is C30H41ClFN5O4. The Hall–Kier alpha value is -3.40. The lowest BCUT2D eigenvalue weighted by molar-refractivity contribution is -0.135. The summed E-state index contributed by atoms with van der Waals surface area (Å²) in [6, 6.07) is 7.40. The first kappa shape index (κ1) is 32.1. The number of nitrogens with zero attached hydrogens (tertiary/aromatic N) is 4. The Kier molecular flexibility index (Phi) is 9.89. The van der Waals surface area contributed by atoms with Crippen LogP contribution in [0.4, 0.5) is 15.0 Å². The number of hydrogen-bond acceptors (Lipinski definition) is 6. The highest BCUT2D eigenvalue weighted by Gasteiger charge is 2.37. The Morgan fingerprint density at radius 1 is 1.12 bits per heavy atom. The van der Waals surface area contributed by atoms with Gasteiger partial charge in [0, 0.05) is 37.3 Å². The smallest absolute Gasteiger partial charge is 0.410 e. The third-order valence-corrected chi connectivity index (χ3v) is 6.67. The second-order valence-corrected chi connectivity index (χ2v) is 13.0. The van der Waals surface area contributed by atoms with Crippen LogP contribution >= 0.6 is 11.6 Å². The van der Waals surface area contributed by atoms with Crippen molar-refractivity contribution < 1.29 is 23.8 Å². The maximum atomic E-state index is 14.8. The second kappa shape index (κ2) is 12.6. The molecule has 1 aromatic carbocycles. The number of carboxylic acid groups (broad SMARTS) is 1. The van der Waals surface area contributed by atoms with Crippen molar-refractivity contribution in [2.75, 3.05) is 31.5 Å². The van der Waals surface area contributed by atoms with Gasteiger partial charge in [0.15, 0.2) is 0 Å². The molecule has 1 aliphatic rings. The minimum absolute atomic E-state index is 0.129. The molecule has 0 bridgehead atoms. The molecule has 9 nitrogen and oxygen atoms in total. The van der Waals surface area contributed by atoms with Crippen molar-refractivity contribution in [1.82, 2.24) is 14.8 Å². The van der Waals surface area contributed by atoms with Gasteiger partial charge in [-0.1, -0.05) is 44.5 Å². The zero-order valence-electron chi connectivity index (χ0n) is 25.1. The fourth-order valence-electron chi connectivity index (χ4n) is 4.45. The van der Waals surface area contributed by atoms with E-state index in [1.165, 1.54) is 6.07 Å². The summed E-state index contributed by atoms with van der Waals surface area (Å²) in [6.07, 6.45) is -0.410. The van der Waals surface area contributed by atoms with Gasteiger partial charge in [0.2, 0.25) is 0 Å². The fourth-order valence-corrected chi connectivity index (χ4v) is 4.71. The van der Waals surface area contributed by atoms with Crippen LogP contribution in [0.25, 0.3) is 11.3 Å². The van der Waals surface area contributed by atoms with Gasteiger partial charge in [0.1, 0.15) is 29.6 Å². The number of amides is 1. The maximum absolute atomic E-state index is 14.8. The van der Waals surface area contributed by atoms with E-state index in [4.69, 9.17) is 21.3 Å². The lowest BCUT2D eigenvalue weighted by Gasteiger charge is -2.45. The van der Waals surface area contributed by atoms with E-state index < -0.39 is 30.0 Å². The van der Waals surface area contributed by atoms with Crippen LogP contribution in [0, 0.1) is 11.2 Å². The summed E-state index contributed by atoms with van der Waals surface area (Å²) in [5, 5.41) is 13.1. The Morgan fingerprint density at radius 3 is 2.32 bits per heavy atom. The molecule has 41 heavy (non-hydrogen) atoms. The second-order valence-electron chi connectivity index (χ2n) is 12.6. The van der Waals surface area contributed by atoms with E-state index in [1.54, 1.807) is 29.2 Å². The average Bonchev–Trinajstić information content (AvgIpc) is 2.84. The molecule has 1 fully saturated rings. The van der Waals surface area contributed by atoms with Crippen LogP contribution in [0.1, 0.15) is 61.0 Å². The number of piperazine rings is 1. The standard InChI is InChI=1S/C30H41ClFN5O4/c1-18-16-37(28(40)41-30(6,7)8)19(2)15-36(18)27(33-14-24(38)39)21-13-22(31)25(20-11-9-10-12-23(20)32)35-26(21)34-17-29(3,4)5/h9-13,18-19H,14-17H2,1-8H3,(H,34,35)(H,38,39)/b33-27-/t18-,19+/m0/s1. The monoisotopic (exact) mass is 589 g/mol. The topological polar surface area (TPSA) is 107 Å². The van der Waals surface area contributed by atoms with Crippen LogP contribution in [-0.2, 0) is 9.53 Å². The van der Waals surface area contributed by atoms with Crippen LogP contribution < -0.4 is 5.32 Å². The fraction of sp³-hybridized carbons (Fsp3) is 0.533. The molecule has 2 heterocycles. The number of amidine groups is 1. The lowest BCUT2D eigenvalue weighted by Crippen LogP contribution is -2.60. The summed E-state index contributed by atoms with van der Waals surface area (Å²) in [7, 11) is 0. The van der Waals surface area contributed by atoms with E-state index in [9.17, 15) is 19.1 Å². The third kappa shape index (κ3) is 8.55. The Balaban J connectivity index is 2.11. The molecule has 0 aliphatic carbocycles. The van der Waals surface area contributed by atoms with E-state index in [2.05, 4.69) is 31.1 Å². The minimum atomic E-state index is -1.10. The van der Waals surface area contributed by atoms with Gasteiger partial charge in [0.25, 0.3) is 0 Å². The molecule has 0 spiro atoms. The molecule has 0 unspecified atom stereocenters. The number of pyridine rings is 1. The molecule has 0 radical (unpaired) electrons. The summed E-state index contributed by atoms with van der Waals surface area (Å²) >= 11 is 6.72. The zero-order chi connectivity index (χ0) is 30.7. The van der Waals surface area contributed by atoms with Gasteiger partial charge >= 0.3 is 12.1 Å². The average molecular weight is 590 g/mol. The summed E-state index contributed by atoms with van der Waals surface area (Å²) in [5.41, 5.74) is 0.237. The van der Waals surface area contributed by atoms with Gasteiger partial charge in [0.05, 0.1) is 16.3 Å². The van der Waals surface area contributed by atoms with E-state index in [0.717, 1.165) is 0 Å². The molecule has 1 aromatic heterocycles.